The molecule has 0 amide bonds. The normalized spacial score (nSPS) is 12.7. The van der Waals surface area contributed by atoms with Gasteiger partial charge in [0.2, 0.25) is 0 Å². The molecule has 0 fully saturated rings. The number of rotatable bonds is 5. The highest BCUT2D eigenvalue weighted by Crippen LogP contribution is 2.21. The summed E-state index contributed by atoms with van der Waals surface area (Å²) in [4.78, 5) is 0. The van der Waals surface area contributed by atoms with Crippen molar-refractivity contribution in [2.45, 2.75) is 13.0 Å². The first kappa shape index (κ1) is 11.9. The van der Waals surface area contributed by atoms with Gasteiger partial charge in [-0.1, -0.05) is 0 Å². The van der Waals surface area contributed by atoms with Gasteiger partial charge in [-0.15, -0.1) is 0 Å². The second kappa shape index (κ2) is 5.65. The first-order valence-corrected chi connectivity index (χ1v) is 4.77. The SMILES string of the molecule is CCOCC(NN)c1cc(F)ccc1N. The zero-order valence-corrected chi connectivity index (χ0v) is 8.66. The van der Waals surface area contributed by atoms with Gasteiger partial charge < -0.3 is 10.5 Å². The zero-order chi connectivity index (χ0) is 11.3. The zero-order valence-electron chi connectivity index (χ0n) is 8.66. The van der Waals surface area contributed by atoms with E-state index in [9.17, 15) is 4.39 Å². The van der Waals surface area contributed by atoms with Crippen LogP contribution < -0.4 is 17.0 Å². The highest BCUT2D eigenvalue weighted by atomic mass is 19.1. The number of nitrogen functional groups attached to an aromatic ring is 1. The van der Waals surface area contributed by atoms with Gasteiger partial charge in [0.05, 0.1) is 12.6 Å². The van der Waals surface area contributed by atoms with Gasteiger partial charge in [0.1, 0.15) is 5.82 Å². The molecule has 0 heterocycles. The van der Waals surface area contributed by atoms with Crippen molar-refractivity contribution in [3.05, 3.63) is 29.6 Å². The molecule has 1 atom stereocenters. The Kier molecular flexibility index (Phi) is 4.48. The molecular weight excluding hydrogens is 197 g/mol. The van der Waals surface area contributed by atoms with Crippen molar-refractivity contribution in [3.63, 3.8) is 0 Å². The third-order valence-corrected chi connectivity index (χ3v) is 2.11. The largest absolute Gasteiger partial charge is 0.398 e. The number of ether oxygens (including phenoxy) is 1. The second-order valence-corrected chi connectivity index (χ2v) is 3.15. The summed E-state index contributed by atoms with van der Waals surface area (Å²) in [6.07, 6.45) is 0. The summed E-state index contributed by atoms with van der Waals surface area (Å²) in [6, 6.07) is 3.90. The molecule has 15 heavy (non-hydrogen) atoms. The van der Waals surface area contributed by atoms with Gasteiger partial charge in [-0.3, -0.25) is 11.3 Å². The number of hydrogen-bond acceptors (Lipinski definition) is 4. The Morgan fingerprint density at radius 3 is 2.87 bits per heavy atom. The predicted octanol–water partition coefficient (Wildman–Crippen LogP) is 0.949. The van der Waals surface area contributed by atoms with Crippen LogP contribution in [0.4, 0.5) is 10.1 Å². The van der Waals surface area contributed by atoms with Crippen LogP contribution in [0, 0.1) is 5.82 Å². The molecule has 0 bridgehead atoms. The van der Waals surface area contributed by atoms with Crippen molar-refractivity contribution < 1.29 is 9.13 Å². The maximum Gasteiger partial charge on any atom is 0.123 e. The molecular formula is C10H16FN3O. The summed E-state index contributed by atoms with van der Waals surface area (Å²) >= 11 is 0. The van der Waals surface area contributed by atoms with Crippen molar-refractivity contribution in [2.75, 3.05) is 18.9 Å². The average molecular weight is 213 g/mol. The van der Waals surface area contributed by atoms with Gasteiger partial charge >= 0.3 is 0 Å². The van der Waals surface area contributed by atoms with E-state index >= 15 is 0 Å². The van der Waals surface area contributed by atoms with Crippen LogP contribution in [0.1, 0.15) is 18.5 Å². The summed E-state index contributed by atoms with van der Waals surface area (Å²) in [5.41, 5.74) is 9.39. The van der Waals surface area contributed by atoms with E-state index in [1.165, 1.54) is 18.2 Å². The molecule has 1 aromatic carbocycles. The molecule has 4 nitrogen and oxygen atoms in total. The molecule has 0 aliphatic rings. The number of nitrogens with one attached hydrogen (secondary N) is 1. The first-order chi connectivity index (χ1) is 7.19. The molecule has 0 spiro atoms. The number of nitrogens with two attached hydrogens (primary N) is 2. The van der Waals surface area contributed by atoms with E-state index in [0.717, 1.165) is 0 Å². The van der Waals surface area contributed by atoms with Crippen molar-refractivity contribution >= 4 is 5.69 Å². The first-order valence-electron chi connectivity index (χ1n) is 4.77. The summed E-state index contributed by atoms with van der Waals surface area (Å²) < 4.78 is 18.2. The number of benzene rings is 1. The lowest BCUT2D eigenvalue weighted by atomic mass is 10.1. The van der Waals surface area contributed by atoms with Gasteiger partial charge in [0.15, 0.2) is 0 Å². The monoisotopic (exact) mass is 213 g/mol. The number of anilines is 1. The molecule has 1 aromatic rings. The molecule has 0 saturated carbocycles. The van der Waals surface area contributed by atoms with Crippen LogP contribution >= 0.6 is 0 Å². The summed E-state index contributed by atoms with van der Waals surface area (Å²) in [7, 11) is 0. The summed E-state index contributed by atoms with van der Waals surface area (Å²) in [5, 5.41) is 0. The molecule has 0 radical (unpaired) electrons. The lowest BCUT2D eigenvalue weighted by Gasteiger charge is -2.17. The molecule has 0 saturated heterocycles. The van der Waals surface area contributed by atoms with E-state index in [1.807, 2.05) is 6.92 Å². The highest BCUT2D eigenvalue weighted by Gasteiger charge is 2.13. The van der Waals surface area contributed by atoms with E-state index in [-0.39, 0.29) is 11.9 Å². The minimum atomic E-state index is -0.337. The maximum atomic E-state index is 13.0. The fraction of sp³-hybridized carbons (Fsp3) is 0.400. The third kappa shape index (κ3) is 3.16. The summed E-state index contributed by atoms with van der Waals surface area (Å²) in [6.45, 7) is 2.82. The van der Waals surface area contributed by atoms with Crippen LogP contribution in [0.2, 0.25) is 0 Å². The standard InChI is InChI=1S/C10H16FN3O/c1-2-15-6-10(14-13)8-5-7(11)3-4-9(8)12/h3-5,10,14H,2,6,12-13H2,1H3. The van der Waals surface area contributed by atoms with Gasteiger partial charge in [0, 0.05) is 12.3 Å². The van der Waals surface area contributed by atoms with E-state index in [2.05, 4.69) is 5.43 Å². The predicted molar refractivity (Wildman–Crippen MR) is 57.4 cm³/mol. The second-order valence-electron chi connectivity index (χ2n) is 3.15. The van der Waals surface area contributed by atoms with Crippen LogP contribution in [0.15, 0.2) is 18.2 Å². The molecule has 84 valence electrons. The van der Waals surface area contributed by atoms with E-state index in [0.29, 0.717) is 24.5 Å². The molecule has 1 rings (SSSR count). The fourth-order valence-electron chi connectivity index (χ4n) is 1.31. The van der Waals surface area contributed by atoms with Crippen LogP contribution in [0.25, 0.3) is 0 Å². The Labute approximate surface area is 88.4 Å². The van der Waals surface area contributed by atoms with Gasteiger partial charge in [-0.05, 0) is 30.7 Å². The van der Waals surface area contributed by atoms with Crippen molar-refractivity contribution in [3.8, 4) is 0 Å². The Bertz CT molecular complexity index is 320. The van der Waals surface area contributed by atoms with E-state index in [1.54, 1.807) is 0 Å². The van der Waals surface area contributed by atoms with Crippen LogP contribution in [-0.2, 0) is 4.74 Å². The molecule has 0 aliphatic carbocycles. The van der Waals surface area contributed by atoms with Gasteiger partial charge in [0.25, 0.3) is 0 Å². The summed E-state index contributed by atoms with van der Waals surface area (Å²) in [5.74, 6) is 5.02. The van der Waals surface area contributed by atoms with Gasteiger partial charge in [-0.2, -0.15) is 0 Å². The lowest BCUT2D eigenvalue weighted by Crippen LogP contribution is -2.32. The van der Waals surface area contributed by atoms with Gasteiger partial charge in [-0.25, -0.2) is 4.39 Å². The van der Waals surface area contributed by atoms with E-state index < -0.39 is 0 Å². The molecule has 5 N–H and O–H groups in total. The van der Waals surface area contributed by atoms with Crippen molar-refractivity contribution in [2.24, 2.45) is 5.84 Å². The Morgan fingerprint density at radius 2 is 2.27 bits per heavy atom. The molecule has 1 unspecified atom stereocenters. The number of hydrazine groups is 1. The third-order valence-electron chi connectivity index (χ3n) is 2.11. The molecule has 0 aliphatic heterocycles. The van der Waals surface area contributed by atoms with E-state index in [4.69, 9.17) is 16.3 Å². The maximum absolute atomic E-state index is 13.0. The van der Waals surface area contributed by atoms with Crippen LogP contribution in [-0.4, -0.2) is 13.2 Å². The fourth-order valence-corrected chi connectivity index (χ4v) is 1.31. The highest BCUT2D eigenvalue weighted by molar-refractivity contribution is 5.48. The Balaban J connectivity index is 2.85. The van der Waals surface area contributed by atoms with Crippen molar-refractivity contribution in [1.29, 1.82) is 0 Å². The smallest absolute Gasteiger partial charge is 0.123 e. The van der Waals surface area contributed by atoms with Crippen LogP contribution in [0.3, 0.4) is 0 Å². The topological polar surface area (TPSA) is 73.3 Å². The number of halogens is 1. The Hall–Kier alpha value is -1.17. The molecule has 0 aromatic heterocycles. The average Bonchev–Trinajstić information content (AvgIpc) is 2.24. The lowest BCUT2D eigenvalue weighted by molar-refractivity contribution is 0.123. The molecule has 5 heteroatoms. The number of hydrogen-bond donors (Lipinski definition) is 3. The Morgan fingerprint density at radius 1 is 1.53 bits per heavy atom. The minimum absolute atomic E-state index is 0.291. The quantitative estimate of drug-likeness (QED) is 0.387. The van der Waals surface area contributed by atoms with Crippen LogP contribution in [0.5, 0.6) is 0 Å². The minimum Gasteiger partial charge on any atom is -0.398 e. The van der Waals surface area contributed by atoms with Crippen molar-refractivity contribution in [1.82, 2.24) is 5.43 Å².